The molecule has 2 atom stereocenters. The first-order valence-electron chi connectivity index (χ1n) is 24.8. The van der Waals surface area contributed by atoms with E-state index >= 15 is 0 Å². The number of pyridine rings is 1. The number of aldehydes is 1. The number of allylic oxidation sites excluding steroid dienone is 2. The zero-order chi connectivity index (χ0) is 52.6. The zero-order valence-electron chi connectivity index (χ0n) is 42.7. The highest BCUT2D eigenvalue weighted by molar-refractivity contribution is 8.00. The maximum Gasteiger partial charge on any atom is 0.307 e. The number of aliphatic hydroxyl groups is 1. The number of ether oxygens (including phenoxy) is 7. The third kappa shape index (κ3) is 14.5. The standard InChI is InChI=1S/C54H66N6O13S/c1-6-35-18-42-26-56-46-24-48(37(30-61)20-44(46)52(65)59(42)28-35)72-32-40-22-39(54(3,4)74-34-50(63)55-9-11-69-13-15-71-17-16-70-14-12-68-10-8-51(64)67-5)23-41(58-40)33-73-49-25-47-45(21-38(49)31-62)53(66)60-29-36(7-2)19-43(60)27-57-47/h6-7,20-27,30,42-43,62H,8-19,28-29,31-34H2,1-5H3,(H,55,63)/t42-,43-/m0/s1. The first-order valence-corrected chi connectivity index (χ1v) is 25.8. The fraction of sp³-hybridized carbons (Fsp3) is 0.481. The predicted molar refractivity (Wildman–Crippen MR) is 278 cm³/mol. The summed E-state index contributed by atoms with van der Waals surface area (Å²) in [6.45, 7) is 11.6. The van der Waals surface area contributed by atoms with Crippen molar-refractivity contribution in [3.8, 4) is 11.5 Å². The molecule has 4 aliphatic heterocycles. The number of thioether (sulfide) groups is 1. The van der Waals surface area contributed by atoms with Gasteiger partial charge in [0, 0.05) is 54.5 Å². The summed E-state index contributed by atoms with van der Waals surface area (Å²) in [6.07, 6.45) is 9.86. The zero-order valence-corrected chi connectivity index (χ0v) is 43.5. The number of carbonyl (C=O) groups is 5. The first-order chi connectivity index (χ1) is 35.8. The number of methoxy groups -OCH3 is 1. The van der Waals surface area contributed by atoms with Gasteiger partial charge in [-0.25, -0.2) is 0 Å². The Labute approximate surface area is 435 Å². The fourth-order valence-corrected chi connectivity index (χ4v) is 9.55. The maximum absolute atomic E-state index is 13.7. The summed E-state index contributed by atoms with van der Waals surface area (Å²) in [7, 11) is 1.33. The van der Waals surface area contributed by atoms with Crippen LogP contribution in [0.2, 0.25) is 0 Å². The van der Waals surface area contributed by atoms with Gasteiger partial charge in [-0.2, -0.15) is 0 Å². The Morgan fingerprint density at radius 3 is 1.82 bits per heavy atom. The molecule has 0 aliphatic carbocycles. The molecule has 5 heterocycles. The van der Waals surface area contributed by atoms with Gasteiger partial charge < -0.3 is 53.4 Å². The number of esters is 1. The molecule has 0 saturated carbocycles. The van der Waals surface area contributed by atoms with E-state index in [9.17, 15) is 29.1 Å². The summed E-state index contributed by atoms with van der Waals surface area (Å²) in [5.41, 5.74) is 6.30. The minimum Gasteiger partial charge on any atom is -0.487 e. The average molecular weight is 1040 g/mol. The van der Waals surface area contributed by atoms with Crippen LogP contribution in [-0.2, 0) is 57.8 Å². The lowest BCUT2D eigenvalue weighted by Crippen LogP contribution is -2.35. The van der Waals surface area contributed by atoms with Gasteiger partial charge in [-0.3, -0.25) is 38.9 Å². The van der Waals surface area contributed by atoms with Crippen LogP contribution in [-0.4, -0.2) is 160 Å². The topological polar surface area (TPSA) is 226 Å². The largest absolute Gasteiger partial charge is 0.487 e. The van der Waals surface area contributed by atoms with Crippen LogP contribution in [0.1, 0.15) is 101 Å². The molecule has 2 fully saturated rings. The van der Waals surface area contributed by atoms with E-state index in [-0.39, 0.29) is 85.7 Å². The monoisotopic (exact) mass is 1040 g/mol. The Morgan fingerprint density at radius 2 is 1.28 bits per heavy atom. The van der Waals surface area contributed by atoms with E-state index in [0.29, 0.717) is 130 Å². The fourth-order valence-electron chi connectivity index (χ4n) is 8.67. The number of hydrogen-bond acceptors (Lipinski definition) is 17. The molecule has 2 N–H and O–H groups in total. The number of benzene rings is 2. The van der Waals surface area contributed by atoms with Crippen molar-refractivity contribution in [2.75, 3.05) is 85.4 Å². The van der Waals surface area contributed by atoms with Crippen LogP contribution >= 0.6 is 11.8 Å². The third-order valence-corrected chi connectivity index (χ3v) is 14.3. The molecule has 3 amide bonds. The lowest BCUT2D eigenvalue weighted by atomic mass is 10.0. The number of nitrogens with one attached hydrogen (secondary N) is 1. The first kappa shape index (κ1) is 55.5. The van der Waals surface area contributed by atoms with E-state index in [4.69, 9.17) is 38.4 Å². The highest BCUT2D eigenvalue weighted by Gasteiger charge is 2.36. The molecule has 2 aromatic carbocycles. The van der Waals surface area contributed by atoms with Crippen LogP contribution in [0, 0.1) is 0 Å². The van der Waals surface area contributed by atoms with Gasteiger partial charge in [0.1, 0.15) is 24.7 Å². The van der Waals surface area contributed by atoms with Crippen LogP contribution in [0.25, 0.3) is 0 Å². The summed E-state index contributed by atoms with van der Waals surface area (Å²) in [4.78, 5) is 81.9. The van der Waals surface area contributed by atoms with Crippen LogP contribution in [0.5, 0.6) is 11.5 Å². The van der Waals surface area contributed by atoms with Gasteiger partial charge in [0.05, 0.1) is 130 Å². The maximum atomic E-state index is 13.7. The van der Waals surface area contributed by atoms with Gasteiger partial charge in [-0.05, 0) is 70.4 Å². The number of aromatic nitrogens is 1. The molecule has 19 nitrogen and oxygen atoms in total. The molecule has 0 unspecified atom stereocenters. The predicted octanol–water partition coefficient (Wildman–Crippen LogP) is 6.01. The molecule has 0 bridgehead atoms. The normalized spacial score (nSPS) is 18.0. The lowest BCUT2D eigenvalue weighted by molar-refractivity contribution is -0.142. The van der Waals surface area contributed by atoms with Gasteiger partial charge in [0.15, 0.2) is 6.29 Å². The Bertz CT molecular complexity index is 2650. The summed E-state index contributed by atoms with van der Waals surface area (Å²) in [5, 5.41) is 13.4. The second kappa shape index (κ2) is 26.8. The lowest BCUT2D eigenvalue weighted by Gasteiger charge is -2.26. The number of rotatable bonds is 27. The van der Waals surface area contributed by atoms with Crippen LogP contribution in [0.4, 0.5) is 11.4 Å². The second-order valence-electron chi connectivity index (χ2n) is 18.4. The Morgan fingerprint density at radius 1 is 0.757 bits per heavy atom. The van der Waals surface area contributed by atoms with Crippen molar-refractivity contribution in [1.29, 1.82) is 0 Å². The number of nitrogens with zero attached hydrogens (tertiary/aromatic N) is 5. The second-order valence-corrected chi connectivity index (χ2v) is 20.0. The highest BCUT2D eigenvalue weighted by Crippen LogP contribution is 2.39. The van der Waals surface area contributed by atoms with E-state index in [2.05, 4.69) is 15.0 Å². The molecule has 20 heteroatoms. The number of amides is 3. The number of fused-ring (bicyclic) bond motifs is 4. The van der Waals surface area contributed by atoms with E-state index < -0.39 is 4.75 Å². The van der Waals surface area contributed by atoms with Crippen molar-refractivity contribution >= 4 is 65.5 Å². The molecule has 1 aromatic heterocycles. The van der Waals surface area contributed by atoms with Gasteiger partial charge in [0.2, 0.25) is 5.91 Å². The number of aliphatic hydroxyl groups excluding tert-OH is 1. The van der Waals surface area contributed by atoms with Crippen molar-refractivity contribution in [1.82, 2.24) is 20.1 Å². The summed E-state index contributed by atoms with van der Waals surface area (Å²) < 4.78 is 38.5. The smallest absolute Gasteiger partial charge is 0.307 e. The summed E-state index contributed by atoms with van der Waals surface area (Å²) >= 11 is 1.43. The quantitative estimate of drug-likeness (QED) is 0.0386. The van der Waals surface area contributed by atoms with Crippen molar-refractivity contribution in [2.45, 2.75) is 83.6 Å². The molecule has 0 spiro atoms. The van der Waals surface area contributed by atoms with E-state index in [1.54, 1.807) is 40.4 Å². The van der Waals surface area contributed by atoms with Crippen molar-refractivity contribution in [3.63, 3.8) is 0 Å². The van der Waals surface area contributed by atoms with Gasteiger partial charge in [-0.15, -0.1) is 11.8 Å². The van der Waals surface area contributed by atoms with Gasteiger partial charge in [0.25, 0.3) is 11.8 Å². The Hall–Kier alpha value is -6.29. The molecule has 4 aliphatic rings. The average Bonchev–Trinajstić information content (AvgIpc) is 3.98. The Kier molecular flexibility index (Phi) is 20.1. The minimum absolute atomic E-state index is 0.0398. The van der Waals surface area contributed by atoms with Gasteiger partial charge in [-0.1, -0.05) is 23.3 Å². The molecular formula is C54H66N6O13S. The molecule has 0 radical (unpaired) electrons. The van der Waals surface area contributed by atoms with E-state index in [1.807, 2.05) is 52.0 Å². The van der Waals surface area contributed by atoms with Gasteiger partial charge >= 0.3 is 5.97 Å². The number of carbonyl (C=O) groups excluding carboxylic acids is 5. The SMILES string of the molecule is CC=C1C[C@H]2C=Nc3cc(OCc4cc(C(C)(C)SCC(=O)NCCOCCOCCOCCOCCC(=O)OC)cc(COc5cc6c(cc5CO)C(=O)N5CC(=CC)C[C@H]5C=N6)n4)c(C=O)cc3C(=O)N2C1. The molecular weight excluding hydrogens is 973 g/mol. The Balaban J connectivity index is 0.983. The summed E-state index contributed by atoms with van der Waals surface area (Å²) in [6, 6.07) is 9.88. The van der Waals surface area contributed by atoms with Crippen LogP contribution < -0.4 is 14.8 Å². The van der Waals surface area contributed by atoms with Crippen LogP contribution in [0.15, 0.2) is 69.7 Å². The molecule has 3 aromatic rings. The molecule has 2 saturated heterocycles. The number of hydrogen-bond donors (Lipinski definition) is 2. The third-order valence-electron chi connectivity index (χ3n) is 13.0. The van der Waals surface area contributed by atoms with Crippen LogP contribution in [0.3, 0.4) is 0 Å². The summed E-state index contributed by atoms with van der Waals surface area (Å²) in [5.74, 6) is -0.141. The molecule has 396 valence electrons. The number of aliphatic imine (C=N–C) groups is 2. The molecule has 74 heavy (non-hydrogen) atoms. The van der Waals surface area contributed by atoms with Crippen molar-refractivity contribution < 1.29 is 62.2 Å². The minimum atomic E-state index is -0.637. The van der Waals surface area contributed by atoms with E-state index in [1.165, 1.54) is 24.9 Å². The highest BCUT2D eigenvalue weighted by atomic mass is 32.2. The van der Waals surface area contributed by atoms with Crippen molar-refractivity contribution in [3.05, 3.63) is 98.9 Å². The van der Waals surface area contributed by atoms with E-state index in [0.717, 1.165) is 16.7 Å². The molecule has 7 rings (SSSR count). The van der Waals surface area contributed by atoms with Crippen molar-refractivity contribution in [2.24, 2.45) is 9.98 Å².